The summed E-state index contributed by atoms with van der Waals surface area (Å²) in [5.74, 6) is -6.68. The summed E-state index contributed by atoms with van der Waals surface area (Å²) in [6.07, 6.45) is -0.358. The molecule has 1 fully saturated rings. The van der Waals surface area contributed by atoms with E-state index in [0.29, 0.717) is 5.69 Å². The number of nitrogens with one attached hydrogen (secondary N) is 1. The number of carbonyl (C=O) groups is 1. The lowest BCUT2D eigenvalue weighted by Gasteiger charge is -2.41. The quantitative estimate of drug-likeness (QED) is 0.557. The SMILES string of the molecule is C[C@H]1CN(C2=CC(C(F)(F)F)[C@@H](Cl)C=C2C(=O)Nc2cccnc2)CCC1(F)F. The molecule has 3 atom stereocenters. The maximum Gasteiger partial charge on any atom is 0.396 e. The lowest BCUT2D eigenvalue weighted by atomic mass is 9.89. The Morgan fingerprint density at radius 2 is 2.07 bits per heavy atom. The smallest absolute Gasteiger partial charge is 0.370 e. The van der Waals surface area contributed by atoms with E-state index in [1.54, 1.807) is 12.1 Å². The Morgan fingerprint density at radius 3 is 2.66 bits per heavy atom. The van der Waals surface area contributed by atoms with E-state index < -0.39 is 41.6 Å². The first-order valence-corrected chi connectivity index (χ1v) is 9.41. The van der Waals surface area contributed by atoms with Crippen LogP contribution in [0.5, 0.6) is 0 Å². The van der Waals surface area contributed by atoms with E-state index >= 15 is 0 Å². The van der Waals surface area contributed by atoms with Gasteiger partial charge in [0.15, 0.2) is 0 Å². The fraction of sp³-hybridized carbons (Fsp3) is 0.474. The first-order chi connectivity index (χ1) is 13.5. The molecule has 1 aliphatic carbocycles. The zero-order valence-corrected chi connectivity index (χ0v) is 16.1. The number of nitrogens with zero attached hydrogens (tertiary/aromatic N) is 2. The van der Waals surface area contributed by atoms with Gasteiger partial charge in [0.05, 0.1) is 28.8 Å². The van der Waals surface area contributed by atoms with Gasteiger partial charge in [-0.2, -0.15) is 13.2 Å². The summed E-state index contributed by atoms with van der Waals surface area (Å²) in [5.41, 5.74) is 0.236. The Bertz CT molecular complexity index is 825. The predicted octanol–water partition coefficient (Wildman–Crippen LogP) is 4.61. The highest BCUT2D eigenvalue weighted by atomic mass is 35.5. The fourth-order valence-electron chi connectivity index (χ4n) is 3.38. The summed E-state index contributed by atoms with van der Waals surface area (Å²) in [6, 6.07) is 3.15. The van der Waals surface area contributed by atoms with Crippen molar-refractivity contribution >= 4 is 23.2 Å². The number of halogens is 6. The van der Waals surface area contributed by atoms with Crippen LogP contribution in [0.3, 0.4) is 0 Å². The molecule has 1 aromatic rings. The summed E-state index contributed by atoms with van der Waals surface area (Å²) in [7, 11) is 0. The van der Waals surface area contributed by atoms with Crippen LogP contribution >= 0.6 is 11.6 Å². The van der Waals surface area contributed by atoms with E-state index in [9.17, 15) is 26.7 Å². The van der Waals surface area contributed by atoms with Gasteiger partial charge in [-0.15, -0.1) is 11.6 Å². The molecule has 1 aromatic heterocycles. The van der Waals surface area contributed by atoms with Gasteiger partial charge >= 0.3 is 6.18 Å². The Balaban J connectivity index is 1.92. The molecule has 1 N–H and O–H groups in total. The molecule has 4 nitrogen and oxygen atoms in total. The largest absolute Gasteiger partial charge is 0.396 e. The van der Waals surface area contributed by atoms with Crippen LogP contribution in [-0.4, -0.2) is 46.4 Å². The fourth-order valence-corrected chi connectivity index (χ4v) is 3.72. The molecule has 0 saturated carbocycles. The Kier molecular flexibility index (Phi) is 5.89. The van der Waals surface area contributed by atoms with Crippen LogP contribution in [0.25, 0.3) is 0 Å². The van der Waals surface area contributed by atoms with Crippen molar-refractivity contribution in [1.29, 1.82) is 0 Å². The lowest BCUT2D eigenvalue weighted by Crippen LogP contribution is -2.47. The zero-order valence-electron chi connectivity index (χ0n) is 15.4. The van der Waals surface area contributed by atoms with Gasteiger partial charge < -0.3 is 10.2 Å². The van der Waals surface area contributed by atoms with Crippen LogP contribution in [0.2, 0.25) is 0 Å². The third-order valence-electron chi connectivity index (χ3n) is 5.10. The van der Waals surface area contributed by atoms with Gasteiger partial charge in [0, 0.05) is 37.3 Å². The van der Waals surface area contributed by atoms with E-state index in [2.05, 4.69) is 10.3 Å². The van der Waals surface area contributed by atoms with Crippen molar-refractivity contribution in [2.45, 2.75) is 30.8 Å². The average Bonchev–Trinajstić information content (AvgIpc) is 2.63. The topological polar surface area (TPSA) is 45.2 Å². The molecule has 0 bridgehead atoms. The predicted molar refractivity (Wildman–Crippen MR) is 98.5 cm³/mol. The number of hydrogen-bond donors (Lipinski definition) is 1. The maximum absolute atomic E-state index is 13.9. The minimum atomic E-state index is -4.63. The number of carbonyl (C=O) groups excluding carboxylic acids is 1. The van der Waals surface area contributed by atoms with E-state index in [1.165, 1.54) is 24.2 Å². The van der Waals surface area contributed by atoms with Gasteiger partial charge in [0.2, 0.25) is 0 Å². The molecule has 0 radical (unpaired) electrons. The molecule has 2 aliphatic rings. The van der Waals surface area contributed by atoms with Gasteiger partial charge in [-0.3, -0.25) is 9.78 Å². The number of amides is 1. The van der Waals surface area contributed by atoms with Crippen LogP contribution in [0.4, 0.5) is 27.6 Å². The molecular formula is C19H19ClF5N3O. The number of alkyl halides is 6. The monoisotopic (exact) mass is 435 g/mol. The summed E-state index contributed by atoms with van der Waals surface area (Å²) in [5, 5.41) is 1.07. The van der Waals surface area contributed by atoms with E-state index in [4.69, 9.17) is 11.6 Å². The van der Waals surface area contributed by atoms with E-state index in [-0.39, 0.29) is 24.4 Å². The highest BCUT2D eigenvalue weighted by Crippen LogP contribution is 2.42. The van der Waals surface area contributed by atoms with Crippen molar-refractivity contribution in [3.63, 3.8) is 0 Å². The van der Waals surface area contributed by atoms with Crippen molar-refractivity contribution < 1.29 is 26.7 Å². The molecule has 0 aromatic carbocycles. The standard InChI is InChI=1S/C19H19ClF5N3O/c1-11-10-28(6-4-18(11,21)22)16-8-14(19(23,24)25)15(20)7-13(16)17(29)27-12-3-2-5-26-9-12/h2-3,5,7-9,11,14-15H,4,6,10H2,1H3,(H,27,29)/t11-,14?,15-/m0/s1. The first-order valence-electron chi connectivity index (χ1n) is 8.98. The normalized spacial score (nSPS) is 27.1. The first kappa shape index (κ1) is 21.5. The summed E-state index contributed by atoms with van der Waals surface area (Å²) in [4.78, 5) is 18.0. The third kappa shape index (κ3) is 4.71. The molecule has 1 aliphatic heterocycles. The number of allylic oxidation sites excluding steroid dienone is 2. The minimum Gasteiger partial charge on any atom is -0.370 e. The van der Waals surface area contributed by atoms with Crippen molar-refractivity contribution in [2.75, 3.05) is 18.4 Å². The molecule has 1 saturated heterocycles. The molecule has 0 spiro atoms. The number of pyridine rings is 1. The molecule has 2 heterocycles. The number of anilines is 1. The third-order valence-corrected chi connectivity index (χ3v) is 5.49. The molecule has 10 heteroatoms. The highest BCUT2D eigenvalue weighted by molar-refractivity contribution is 6.23. The Labute approximate surface area is 169 Å². The van der Waals surface area contributed by atoms with Crippen LogP contribution in [0.15, 0.2) is 47.9 Å². The van der Waals surface area contributed by atoms with Crippen molar-refractivity contribution in [3.05, 3.63) is 47.9 Å². The molecule has 3 rings (SSSR count). The number of hydrogen-bond acceptors (Lipinski definition) is 3. The second-order valence-electron chi connectivity index (χ2n) is 7.20. The Morgan fingerprint density at radius 1 is 1.34 bits per heavy atom. The molecule has 1 amide bonds. The minimum absolute atomic E-state index is 0.0343. The van der Waals surface area contributed by atoms with Crippen molar-refractivity contribution in [2.24, 2.45) is 11.8 Å². The van der Waals surface area contributed by atoms with Gasteiger partial charge in [-0.05, 0) is 18.2 Å². The lowest BCUT2D eigenvalue weighted by molar-refractivity contribution is -0.160. The summed E-state index contributed by atoms with van der Waals surface area (Å²) in [6.45, 7) is 0.992. The molecule has 158 valence electrons. The van der Waals surface area contributed by atoms with Crippen molar-refractivity contribution in [3.8, 4) is 0 Å². The summed E-state index contributed by atoms with van der Waals surface area (Å²) < 4.78 is 67.9. The van der Waals surface area contributed by atoms with Crippen molar-refractivity contribution in [1.82, 2.24) is 9.88 Å². The van der Waals surface area contributed by atoms with Crippen LogP contribution < -0.4 is 5.32 Å². The highest BCUT2D eigenvalue weighted by Gasteiger charge is 2.47. The molecular weight excluding hydrogens is 417 g/mol. The average molecular weight is 436 g/mol. The maximum atomic E-state index is 13.9. The number of likely N-dealkylation sites (tertiary alicyclic amines) is 1. The number of aromatic nitrogens is 1. The molecule has 29 heavy (non-hydrogen) atoms. The summed E-state index contributed by atoms with van der Waals surface area (Å²) >= 11 is 5.92. The molecule has 1 unspecified atom stereocenters. The van der Waals surface area contributed by atoms with Crippen LogP contribution in [-0.2, 0) is 4.79 Å². The number of rotatable bonds is 3. The van der Waals surface area contributed by atoms with E-state index in [1.807, 2.05) is 0 Å². The second-order valence-corrected chi connectivity index (χ2v) is 7.70. The second kappa shape index (κ2) is 7.93. The van der Waals surface area contributed by atoms with Crippen LogP contribution in [0, 0.1) is 11.8 Å². The van der Waals surface area contributed by atoms with E-state index in [0.717, 1.165) is 12.2 Å². The Hall–Kier alpha value is -2.16. The van der Waals surface area contributed by atoms with Gasteiger partial charge in [-0.1, -0.05) is 13.0 Å². The zero-order chi connectivity index (χ0) is 21.4. The number of piperidine rings is 1. The van der Waals surface area contributed by atoms with Gasteiger partial charge in [-0.25, -0.2) is 8.78 Å². The van der Waals surface area contributed by atoms with Gasteiger partial charge in [0.25, 0.3) is 11.8 Å². The van der Waals surface area contributed by atoms with Crippen LogP contribution in [0.1, 0.15) is 13.3 Å². The van der Waals surface area contributed by atoms with Gasteiger partial charge in [0.1, 0.15) is 0 Å².